The Kier molecular flexibility index (Phi) is 6.60. The van der Waals surface area contributed by atoms with Crippen LogP contribution < -0.4 is 16.4 Å². The second-order valence-electron chi connectivity index (χ2n) is 9.69. The van der Waals surface area contributed by atoms with Gasteiger partial charge in [0.15, 0.2) is 17.0 Å². The minimum Gasteiger partial charge on any atom is -0.508 e. The molecular weight excluding hydrogens is 418 g/mol. The van der Waals surface area contributed by atoms with Crippen LogP contribution in [0.25, 0.3) is 11.2 Å². The van der Waals surface area contributed by atoms with Crippen LogP contribution in [0.3, 0.4) is 0 Å². The Balaban J connectivity index is 1.65. The van der Waals surface area contributed by atoms with E-state index in [9.17, 15) is 10.2 Å². The maximum Gasteiger partial charge on any atom is 0.226 e. The van der Waals surface area contributed by atoms with Crippen molar-refractivity contribution in [2.75, 3.05) is 22.9 Å². The molecule has 9 nitrogen and oxygen atoms in total. The molecule has 1 atom stereocenters. The molecule has 4 rings (SSSR count). The number of nitrogen functional groups attached to an aromatic ring is 1. The lowest BCUT2D eigenvalue weighted by Crippen LogP contribution is -2.33. The second-order valence-corrected chi connectivity index (χ2v) is 9.69. The number of phenolic OH excluding ortho intramolecular Hbond substituents is 1. The highest BCUT2D eigenvalue weighted by molar-refractivity contribution is 5.84. The summed E-state index contributed by atoms with van der Waals surface area (Å²) in [6, 6.07) is 5.38. The van der Waals surface area contributed by atoms with E-state index in [1.54, 1.807) is 32.0 Å². The first kappa shape index (κ1) is 23.1. The number of anilines is 3. The van der Waals surface area contributed by atoms with Gasteiger partial charge >= 0.3 is 0 Å². The van der Waals surface area contributed by atoms with Crippen molar-refractivity contribution in [1.29, 1.82) is 0 Å². The molecule has 0 aliphatic heterocycles. The SMILES string of the molecule is CC(CNc1nc(NCc2cc(N)ccc2O)c2ncn(C3CCCCC3)c2n1)C(C)(C)O. The molecule has 9 heteroatoms. The number of rotatable bonds is 8. The smallest absolute Gasteiger partial charge is 0.226 e. The average molecular weight is 454 g/mol. The lowest BCUT2D eigenvalue weighted by atomic mass is 9.93. The molecule has 0 bridgehead atoms. The molecule has 0 amide bonds. The van der Waals surface area contributed by atoms with E-state index in [4.69, 9.17) is 10.7 Å². The van der Waals surface area contributed by atoms with Crippen LogP contribution in [0.2, 0.25) is 0 Å². The van der Waals surface area contributed by atoms with Crippen LogP contribution >= 0.6 is 0 Å². The largest absolute Gasteiger partial charge is 0.508 e. The third kappa shape index (κ3) is 5.30. The van der Waals surface area contributed by atoms with Crippen LogP contribution in [-0.4, -0.2) is 41.9 Å². The summed E-state index contributed by atoms with van der Waals surface area (Å²) in [5.74, 6) is 1.25. The number of nitrogens with zero attached hydrogens (tertiary/aromatic N) is 4. The van der Waals surface area contributed by atoms with E-state index in [0.717, 1.165) is 18.5 Å². The van der Waals surface area contributed by atoms with Gasteiger partial charge in [-0.2, -0.15) is 9.97 Å². The van der Waals surface area contributed by atoms with Gasteiger partial charge in [-0.1, -0.05) is 26.2 Å². The first-order valence-electron chi connectivity index (χ1n) is 11.7. The van der Waals surface area contributed by atoms with Crippen molar-refractivity contribution in [3.05, 3.63) is 30.1 Å². The molecule has 178 valence electrons. The van der Waals surface area contributed by atoms with Crippen LogP contribution in [-0.2, 0) is 6.54 Å². The predicted octanol–water partition coefficient (Wildman–Crippen LogP) is 4.05. The maximum atomic E-state index is 10.3. The highest BCUT2D eigenvalue weighted by Crippen LogP contribution is 2.32. The minimum absolute atomic E-state index is 0.000650. The summed E-state index contributed by atoms with van der Waals surface area (Å²) in [5, 5.41) is 27.1. The van der Waals surface area contributed by atoms with E-state index < -0.39 is 5.60 Å². The second kappa shape index (κ2) is 9.43. The monoisotopic (exact) mass is 453 g/mol. The number of benzene rings is 1. The quantitative estimate of drug-likeness (QED) is 0.255. The average Bonchev–Trinajstić information content (AvgIpc) is 3.22. The van der Waals surface area contributed by atoms with Crippen LogP contribution in [0.1, 0.15) is 64.5 Å². The van der Waals surface area contributed by atoms with Crippen LogP contribution in [0, 0.1) is 5.92 Å². The van der Waals surface area contributed by atoms with Gasteiger partial charge in [0.25, 0.3) is 0 Å². The number of hydrogen-bond acceptors (Lipinski definition) is 8. The number of nitrogens with one attached hydrogen (secondary N) is 2. The highest BCUT2D eigenvalue weighted by Gasteiger charge is 2.24. The summed E-state index contributed by atoms with van der Waals surface area (Å²) >= 11 is 0. The van der Waals surface area contributed by atoms with Gasteiger partial charge in [-0.25, -0.2) is 4.98 Å². The van der Waals surface area contributed by atoms with Crippen LogP contribution in [0.4, 0.5) is 17.5 Å². The molecule has 1 aromatic carbocycles. The predicted molar refractivity (Wildman–Crippen MR) is 131 cm³/mol. The number of hydrogen-bond donors (Lipinski definition) is 5. The van der Waals surface area contributed by atoms with Crippen molar-refractivity contribution in [2.45, 2.75) is 71.1 Å². The van der Waals surface area contributed by atoms with Crippen molar-refractivity contribution < 1.29 is 10.2 Å². The summed E-state index contributed by atoms with van der Waals surface area (Å²) in [4.78, 5) is 14.1. The first-order chi connectivity index (χ1) is 15.7. The number of phenols is 1. The van der Waals surface area contributed by atoms with Crippen LogP contribution in [0.5, 0.6) is 5.75 Å². The number of aliphatic hydroxyl groups is 1. The Morgan fingerprint density at radius 1 is 1.18 bits per heavy atom. The van der Waals surface area contributed by atoms with Gasteiger partial charge in [-0.3, -0.25) is 0 Å². The van der Waals surface area contributed by atoms with Gasteiger partial charge < -0.3 is 31.1 Å². The first-order valence-corrected chi connectivity index (χ1v) is 11.7. The van der Waals surface area contributed by atoms with Crippen molar-refractivity contribution in [1.82, 2.24) is 19.5 Å². The number of imidazole rings is 1. The summed E-state index contributed by atoms with van der Waals surface area (Å²) in [5.41, 5.74) is 7.83. The van der Waals surface area contributed by atoms with Crippen molar-refractivity contribution in [3.8, 4) is 5.75 Å². The lowest BCUT2D eigenvalue weighted by Gasteiger charge is -2.26. The van der Waals surface area contributed by atoms with E-state index in [1.165, 1.54) is 19.3 Å². The van der Waals surface area contributed by atoms with E-state index in [0.29, 0.717) is 47.7 Å². The van der Waals surface area contributed by atoms with Gasteiger partial charge in [0.05, 0.1) is 11.9 Å². The molecule has 2 heterocycles. The highest BCUT2D eigenvalue weighted by atomic mass is 16.3. The van der Waals surface area contributed by atoms with E-state index in [-0.39, 0.29) is 11.7 Å². The van der Waals surface area contributed by atoms with E-state index >= 15 is 0 Å². The number of aromatic hydroxyl groups is 1. The van der Waals surface area contributed by atoms with Gasteiger partial charge in [-0.15, -0.1) is 0 Å². The molecule has 1 aliphatic carbocycles. The van der Waals surface area contributed by atoms with Gasteiger partial charge in [0.2, 0.25) is 5.95 Å². The molecule has 1 fully saturated rings. The van der Waals surface area contributed by atoms with E-state index in [1.807, 2.05) is 13.3 Å². The van der Waals surface area contributed by atoms with E-state index in [2.05, 4.69) is 25.2 Å². The molecule has 33 heavy (non-hydrogen) atoms. The summed E-state index contributed by atoms with van der Waals surface area (Å²) < 4.78 is 2.17. The molecule has 0 radical (unpaired) electrons. The maximum absolute atomic E-state index is 10.3. The van der Waals surface area contributed by atoms with Crippen molar-refractivity contribution in [3.63, 3.8) is 0 Å². The summed E-state index contributed by atoms with van der Waals surface area (Å²) in [6.45, 7) is 6.46. The van der Waals surface area contributed by atoms with Crippen LogP contribution in [0.15, 0.2) is 24.5 Å². The zero-order valence-electron chi connectivity index (χ0n) is 19.7. The Bertz CT molecular complexity index is 1100. The fourth-order valence-corrected chi connectivity index (χ4v) is 4.17. The fourth-order valence-electron chi connectivity index (χ4n) is 4.17. The Morgan fingerprint density at radius 2 is 1.94 bits per heavy atom. The lowest BCUT2D eigenvalue weighted by molar-refractivity contribution is 0.0303. The summed E-state index contributed by atoms with van der Waals surface area (Å²) in [6.07, 6.45) is 7.80. The molecule has 1 unspecified atom stereocenters. The van der Waals surface area contributed by atoms with Gasteiger partial charge in [0, 0.05) is 36.3 Å². The molecule has 1 aliphatic rings. The summed E-state index contributed by atoms with van der Waals surface area (Å²) in [7, 11) is 0. The van der Waals surface area contributed by atoms with Gasteiger partial charge in [-0.05, 0) is 44.9 Å². The zero-order chi connectivity index (χ0) is 23.6. The molecule has 2 aromatic heterocycles. The molecule has 0 spiro atoms. The minimum atomic E-state index is -0.813. The number of nitrogens with two attached hydrogens (primary N) is 1. The Hall–Kier alpha value is -3.07. The zero-order valence-corrected chi connectivity index (χ0v) is 19.7. The van der Waals surface area contributed by atoms with Crippen molar-refractivity contribution >= 4 is 28.6 Å². The third-order valence-electron chi connectivity index (χ3n) is 6.71. The van der Waals surface area contributed by atoms with Crippen molar-refractivity contribution in [2.24, 2.45) is 5.92 Å². The van der Waals surface area contributed by atoms with Gasteiger partial charge in [0.1, 0.15) is 5.75 Å². The number of aromatic nitrogens is 4. The number of fused-ring (bicyclic) bond motifs is 1. The normalized spacial score (nSPS) is 16.1. The molecule has 0 saturated heterocycles. The molecule has 1 saturated carbocycles. The fraction of sp³-hybridized carbons (Fsp3) is 0.542. The molecule has 3 aromatic rings. The topological polar surface area (TPSA) is 134 Å². The standard InChI is InChI=1S/C24H35N7O2/c1-15(24(2,3)33)12-27-23-29-21(26-13-16-11-17(25)9-10-19(16)32)20-22(30-23)31(14-28-20)18-7-5-4-6-8-18/h9-11,14-15,18,32-33H,4-8,12-13,25H2,1-3H3,(H2,26,27,29,30). The Morgan fingerprint density at radius 3 is 2.67 bits per heavy atom. The molecular formula is C24H35N7O2. The third-order valence-corrected chi connectivity index (χ3v) is 6.71. The Labute approximate surface area is 194 Å². The molecule has 6 N–H and O–H groups in total.